The summed E-state index contributed by atoms with van der Waals surface area (Å²) in [4.78, 5) is 0. The van der Waals surface area contributed by atoms with E-state index in [0.29, 0.717) is 5.75 Å². The predicted octanol–water partition coefficient (Wildman–Crippen LogP) is 5.38. The molecule has 2 aromatic rings. The highest BCUT2D eigenvalue weighted by molar-refractivity contribution is 5.56. The van der Waals surface area contributed by atoms with E-state index in [-0.39, 0.29) is 16.9 Å². The van der Waals surface area contributed by atoms with E-state index in [1.54, 1.807) is 6.07 Å². The third kappa shape index (κ3) is 3.72. The van der Waals surface area contributed by atoms with Crippen LogP contribution in [0.2, 0.25) is 0 Å². The number of anilines is 1. The van der Waals surface area contributed by atoms with E-state index in [4.69, 9.17) is 10.5 Å². The molecule has 0 radical (unpaired) electrons. The molecule has 0 aliphatic rings. The molecule has 2 aromatic carbocycles. The van der Waals surface area contributed by atoms with Gasteiger partial charge in [-0.1, -0.05) is 32.9 Å². The molecule has 0 heterocycles. The van der Waals surface area contributed by atoms with E-state index >= 15 is 0 Å². The summed E-state index contributed by atoms with van der Waals surface area (Å²) in [7, 11) is 0. The van der Waals surface area contributed by atoms with Gasteiger partial charge < -0.3 is 10.5 Å². The maximum Gasteiger partial charge on any atom is 0.416 e. The summed E-state index contributed by atoms with van der Waals surface area (Å²) in [6.45, 7) is 6.20. The Morgan fingerprint density at radius 2 is 1.59 bits per heavy atom. The summed E-state index contributed by atoms with van der Waals surface area (Å²) in [6, 6.07) is 10.5. The number of ether oxygens (including phenoxy) is 1. The molecule has 0 aliphatic heterocycles. The highest BCUT2D eigenvalue weighted by Crippen LogP contribution is 2.36. The Kier molecular flexibility index (Phi) is 4.09. The van der Waals surface area contributed by atoms with Crippen LogP contribution < -0.4 is 10.5 Å². The first-order valence-corrected chi connectivity index (χ1v) is 6.82. The molecule has 0 saturated carbocycles. The van der Waals surface area contributed by atoms with Crippen molar-refractivity contribution in [1.29, 1.82) is 0 Å². The first-order valence-electron chi connectivity index (χ1n) is 6.82. The lowest BCUT2D eigenvalue weighted by Crippen LogP contribution is -2.10. The van der Waals surface area contributed by atoms with Gasteiger partial charge in [0.05, 0.1) is 11.3 Å². The van der Waals surface area contributed by atoms with Gasteiger partial charge in [-0.05, 0) is 41.3 Å². The standard InChI is InChI=1S/C17H18F3NO/c1-16(2,3)11-5-4-6-13(9-11)22-15-8-7-12(10-14(15)21)17(18,19)20/h4-10H,21H2,1-3H3. The third-order valence-electron chi connectivity index (χ3n) is 3.26. The lowest BCUT2D eigenvalue weighted by atomic mass is 9.87. The Morgan fingerprint density at radius 3 is 2.14 bits per heavy atom. The fourth-order valence-corrected chi connectivity index (χ4v) is 1.97. The van der Waals surface area contributed by atoms with E-state index in [1.165, 1.54) is 6.07 Å². The quantitative estimate of drug-likeness (QED) is 0.756. The van der Waals surface area contributed by atoms with Gasteiger partial charge in [0.2, 0.25) is 0 Å². The molecular formula is C17H18F3NO. The van der Waals surface area contributed by atoms with E-state index < -0.39 is 11.7 Å². The van der Waals surface area contributed by atoms with Crippen LogP contribution in [0.1, 0.15) is 31.9 Å². The average molecular weight is 309 g/mol. The number of rotatable bonds is 2. The van der Waals surface area contributed by atoms with Gasteiger partial charge in [0.15, 0.2) is 0 Å². The predicted molar refractivity (Wildman–Crippen MR) is 81.1 cm³/mol. The summed E-state index contributed by atoms with van der Waals surface area (Å²) < 4.78 is 43.5. The van der Waals surface area contributed by atoms with Crippen molar-refractivity contribution in [1.82, 2.24) is 0 Å². The second-order valence-electron chi connectivity index (χ2n) is 6.13. The van der Waals surface area contributed by atoms with Crippen LogP contribution in [0.4, 0.5) is 18.9 Å². The normalized spacial score (nSPS) is 12.3. The summed E-state index contributed by atoms with van der Waals surface area (Å²) in [5, 5.41) is 0. The van der Waals surface area contributed by atoms with Gasteiger partial charge in [-0.15, -0.1) is 0 Å². The Labute approximate surface area is 127 Å². The number of nitrogen functional groups attached to an aromatic ring is 1. The van der Waals surface area contributed by atoms with Crippen molar-refractivity contribution >= 4 is 5.69 Å². The van der Waals surface area contributed by atoms with E-state index in [9.17, 15) is 13.2 Å². The molecule has 2 nitrogen and oxygen atoms in total. The molecule has 0 fully saturated rings. The van der Waals surface area contributed by atoms with Crippen LogP contribution in [0.15, 0.2) is 42.5 Å². The minimum Gasteiger partial charge on any atom is -0.455 e. The largest absolute Gasteiger partial charge is 0.455 e. The van der Waals surface area contributed by atoms with Gasteiger partial charge >= 0.3 is 6.18 Å². The molecule has 0 spiro atoms. The molecule has 2 rings (SSSR count). The molecule has 0 aromatic heterocycles. The number of halogens is 3. The van der Waals surface area contributed by atoms with Crippen LogP contribution in [0, 0.1) is 0 Å². The van der Waals surface area contributed by atoms with Crippen molar-refractivity contribution in [2.75, 3.05) is 5.73 Å². The number of hydrogen-bond acceptors (Lipinski definition) is 2. The highest BCUT2D eigenvalue weighted by Gasteiger charge is 2.31. The topological polar surface area (TPSA) is 35.2 Å². The van der Waals surface area contributed by atoms with Crippen molar-refractivity contribution in [2.45, 2.75) is 32.4 Å². The summed E-state index contributed by atoms with van der Waals surface area (Å²) in [5.41, 5.74) is 5.84. The zero-order valence-corrected chi connectivity index (χ0v) is 12.7. The van der Waals surface area contributed by atoms with Crippen LogP contribution >= 0.6 is 0 Å². The summed E-state index contributed by atoms with van der Waals surface area (Å²) >= 11 is 0. The number of alkyl halides is 3. The second-order valence-corrected chi connectivity index (χ2v) is 6.13. The zero-order valence-electron chi connectivity index (χ0n) is 12.7. The van der Waals surface area contributed by atoms with Gasteiger partial charge in [0.25, 0.3) is 0 Å². The van der Waals surface area contributed by atoms with Gasteiger partial charge in [-0.25, -0.2) is 0 Å². The molecule has 0 atom stereocenters. The maximum absolute atomic E-state index is 12.6. The van der Waals surface area contributed by atoms with Crippen LogP contribution in [0.25, 0.3) is 0 Å². The minimum atomic E-state index is -4.42. The summed E-state index contributed by atoms with van der Waals surface area (Å²) in [6.07, 6.45) is -4.42. The van der Waals surface area contributed by atoms with Gasteiger partial charge in [0.1, 0.15) is 11.5 Å². The third-order valence-corrected chi connectivity index (χ3v) is 3.26. The molecule has 0 aliphatic carbocycles. The van der Waals surface area contributed by atoms with Crippen molar-refractivity contribution in [3.05, 3.63) is 53.6 Å². The molecular weight excluding hydrogens is 291 g/mol. The first-order chi connectivity index (χ1) is 10.1. The van der Waals surface area contributed by atoms with E-state index in [2.05, 4.69) is 20.8 Å². The molecule has 2 N–H and O–H groups in total. The van der Waals surface area contributed by atoms with Gasteiger partial charge in [-0.3, -0.25) is 0 Å². The Balaban J connectivity index is 2.28. The molecule has 0 saturated heterocycles. The van der Waals surface area contributed by atoms with Crippen LogP contribution in [0.3, 0.4) is 0 Å². The van der Waals surface area contributed by atoms with Gasteiger partial charge in [-0.2, -0.15) is 13.2 Å². The van der Waals surface area contributed by atoms with Crippen molar-refractivity contribution < 1.29 is 17.9 Å². The Hall–Kier alpha value is -2.17. The Morgan fingerprint density at radius 1 is 0.909 bits per heavy atom. The maximum atomic E-state index is 12.6. The average Bonchev–Trinajstić information content (AvgIpc) is 2.39. The number of hydrogen-bond donors (Lipinski definition) is 1. The smallest absolute Gasteiger partial charge is 0.416 e. The van der Waals surface area contributed by atoms with Crippen molar-refractivity contribution in [3.63, 3.8) is 0 Å². The van der Waals surface area contributed by atoms with E-state index in [0.717, 1.165) is 17.7 Å². The van der Waals surface area contributed by atoms with Gasteiger partial charge in [0, 0.05) is 0 Å². The number of nitrogens with two attached hydrogens (primary N) is 1. The second kappa shape index (κ2) is 5.55. The zero-order chi connectivity index (χ0) is 16.5. The fourth-order valence-electron chi connectivity index (χ4n) is 1.97. The van der Waals surface area contributed by atoms with Crippen LogP contribution in [0.5, 0.6) is 11.5 Å². The molecule has 0 bridgehead atoms. The van der Waals surface area contributed by atoms with Crippen molar-refractivity contribution in [2.24, 2.45) is 0 Å². The molecule has 118 valence electrons. The van der Waals surface area contributed by atoms with E-state index in [1.807, 2.05) is 18.2 Å². The SMILES string of the molecule is CC(C)(C)c1cccc(Oc2ccc(C(F)(F)F)cc2N)c1. The lowest BCUT2D eigenvalue weighted by Gasteiger charge is -2.20. The molecule has 0 unspecified atom stereocenters. The molecule has 22 heavy (non-hydrogen) atoms. The monoisotopic (exact) mass is 309 g/mol. The highest BCUT2D eigenvalue weighted by atomic mass is 19.4. The van der Waals surface area contributed by atoms with Crippen LogP contribution in [-0.4, -0.2) is 0 Å². The first kappa shape index (κ1) is 16.2. The Bertz CT molecular complexity index is 672. The lowest BCUT2D eigenvalue weighted by molar-refractivity contribution is -0.137. The number of benzene rings is 2. The minimum absolute atomic E-state index is 0.0454. The van der Waals surface area contributed by atoms with Crippen LogP contribution in [-0.2, 0) is 11.6 Å². The molecule has 5 heteroatoms. The fraction of sp³-hybridized carbons (Fsp3) is 0.294. The molecule has 0 amide bonds. The summed E-state index contributed by atoms with van der Waals surface area (Å²) in [5.74, 6) is 0.748. The van der Waals surface area contributed by atoms with Crippen molar-refractivity contribution in [3.8, 4) is 11.5 Å².